The molecule has 0 aliphatic rings. The fourth-order valence-electron chi connectivity index (χ4n) is 2.12. The molecule has 1 aromatic heterocycles. The van der Waals surface area contributed by atoms with E-state index in [2.05, 4.69) is 20.1 Å². The van der Waals surface area contributed by atoms with E-state index in [9.17, 15) is 18.7 Å². The van der Waals surface area contributed by atoms with Gasteiger partial charge in [0.05, 0.1) is 18.0 Å². The number of hydrogen-bond acceptors (Lipinski definition) is 7. The first-order chi connectivity index (χ1) is 13.9. The molecule has 0 aliphatic carbocycles. The van der Waals surface area contributed by atoms with E-state index in [-0.39, 0.29) is 35.9 Å². The highest BCUT2D eigenvalue weighted by Crippen LogP contribution is 2.12. The highest BCUT2D eigenvalue weighted by molar-refractivity contribution is 6.47. The molecule has 1 heterocycles. The van der Waals surface area contributed by atoms with E-state index < -0.39 is 23.1 Å². The molecule has 0 saturated heterocycles. The van der Waals surface area contributed by atoms with Gasteiger partial charge in [-0.25, -0.2) is 4.39 Å². The summed E-state index contributed by atoms with van der Waals surface area (Å²) in [5, 5.41) is 21.6. The van der Waals surface area contributed by atoms with Crippen molar-refractivity contribution < 1.29 is 19.1 Å². The Labute approximate surface area is 166 Å². The summed E-state index contributed by atoms with van der Waals surface area (Å²) in [5.74, 6) is -3.30. The van der Waals surface area contributed by atoms with Crippen LogP contribution in [0.5, 0.6) is 5.88 Å². The number of hydrogen-bond donors (Lipinski definition) is 4. The number of halogens is 2. The molecule has 1 aromatic carbocycles. The molecule has 0 radical (unpaired) electrons. The van der Waals surface area contributed by atoms with Crippen molar-refractivity contribution in [2.75, 3.05) is 0 Å². The molecule has 0 fully saturated rings. The Morgan fingerprint density at radius 2 is 1.97 bits per heavy atom. The second kappa shape index (κ2) is 11.3. The minimum Gasteiger partial charge on any atom is -0.491 e. The van der Waals surface area contributed by atoms with Crippen LogP contribution in [0.3, 0.4) is 0 Å². The van der Waals surface area contributed by atoms with Crippen LogP contribution in [0, 0.1) is 11.6 Å². The number of rotatable bonds is 6. The Hall–Kier alpha value is -3.56. The van der Waals surface area contributed by atoms with Crippen LogP contribution < -0.4 is 11.3 Å². The van der Waals surface area contributed by atoms with Gasteiger partial charge in [-0.1, -0.05) is 44.1 Å². The molecule has 29 heavy (non-hydrogen) atoms. The highest BCUT2D eigenvalue weighted by atomic mass is 19.1. The number of nitrogens with one attached hydrogen (secondary N) is 1. The summed E-state index contributed by atoms with van der Waals surface area (Å²) in [4.78, 5) is 21.1. The van der Waals surface area contributed by atoms with Gasteiger partial charge in [-0.2, -0.15) is 9.37 Å². The number of nitrogens with zero attached hydrogens (tertiary/aromatic N) is 3. The van der Waals surface area contributed by atoms with Gasteiger partial charge in [-0.05, 0) is 18.6 Å². The van der Waals surface area contributed by atoms with Gasteiger partial charge in [0.25, 0.3) is 11.4 Å². The molecule has 2 rings (SSSR count). The zero-order chi connectivity index (χ0) is 22.0. The quantitative estimate of drug-likeness (QED) is 0.331. The van der Waals surface area contributed by atoms with Crippen LogP contribution in [0.1, 0.15) is 38.6 Å². The molecule has 2 aromatic rings. The number of aromatic amines is 1. The Bertz CT molecular complexity index is 984. The van der Waals surface area contributed by atoms with Gasteiger partial charge >= 0.3 is 0 Å². The van der Waals surface area contributed by atoms with Crippen molar-refractivity contribution in [1.82, 2.24) is 9.97 Å². The van der Waals surface area contributed by atoms with Gasteiger partial charge in [0, 0.05) is 5.56 Å². The summed E-state index contributed by atoms with van der Waals surface area (Å²) >= 11 is 0. The van der Waals surface area contributed by atoms with Crippen LogP contribution in [0.25, 0.3) is 5.70 Å². The third kappa shape index (κ3) is 6.23. The van der Waals surface area contributed by atoms with Crippen LogP contribution in [-0.2, 0) is 6.54 Å². The van der Waals surface area contributed by atoms with E-state index in [0.29, 0.717) is 5.56 Å². The Balaban J connectivity index is 0.00000204. The number of allylic oxidation sites excluding steroid dienone is 1. The zero-order valence-corrected chi connectivity index (χ0v) is 16.3. The largest absolute Gasteiger partial charge is 0.491 e. The average Bonchev–Trinajstić information content (AvgIpc) is 2.72. The predicted molar refractivity (Wildman–Crippen MR) is 107 cm³/mol. The maximum absolute atomic E-state index is 13.8. The monoisotopic (exact) mass is 407 g/mol. The standard InChI is InChI=1S/C17H17F2N5O3.C2H6/c1-2-12(24-27)13(21-8-9-5-3-4-6-10(9)18)7-11(20)15-22-16(25)14(19)17(26)23-15;1-2/h3-7,27H,2,8,20H2,1H3,(H2,22,23,25,26);1-2H3/b11-7-,21-13?,24-12+;. The van der Waals surface area contributed by atoms with Crippen molar-refractivity contribution >= 4 is 17.1 Å². The fraction of sp³-hybridized carbons (Fsp3) is 0.263. The third-order valence-corrected chi connectivity index (χ3v) is 3.54. The Morgan fingerprint density at radius 1 is 1.31 bits per heavy atom. The summed E-state index contributed by atoms with van der Waals surface area (Å²) in [5.41, 5.74) is 5.01. The second-order valence-electron chi connectivity index (χ2n) is 5.34. The van der Waals surface area contributed by atoms with Crippen LogP contribution in [0.15, 0.2) is 45.3 Å². The van der Waals surface area contributed by atoms with E-state index in [1.807, 2.05) is 13.8 Å². The van der Waals surface area contributed by atoms with Crippen molar-refractivity contribution in [2.45, 2.75) is 33.7 Å². The lowest BCUT2D eigenvalue weighted by molar-refractivity contribution is 0.319. The predicted octanol–water partition coefficient (Wildman–Crippen LogP) is 2.96. The van der Waals surface area contributed by atoms with E-state index in [1.165, 1.54) is 18.2 Å². The molecule has 0 atom stereocenters. The van der Waals surface area contributed by atoms with Crippen molar-refractivity contribution in [3.05, 3.63) is 63.7 Å². The van der Waals surface area contributed by atoms with Crippen molar-refractivity contribution in [1.29, 1.82) is 0 Å². The molecule has 0 spiro atoms. The first kappa shape index (κ1) is 23.5. The Kier molecular flexibility index (Phi) is 9.17. The van der Waals surface area contributed by atoms with Gasteiger partial charge < -0.3 is 21.0 Å². The van der Waals surface area contributed by atoms with Crippen molar-refractivity contribution in [3.8, 4) is 5.88 Å². The Morgan fingerprint density at radius 3 is 2.52 bits per heavy atom. The lowest BCUT2D eigenvalue weighted by Gasteiger charge is -2.06. The summed E-state index contributed by atoms with van der Waals surface area (Å²) in [7, 11) is 0. The summed E-state index contributed by atoms with van der Waals surface area (Å²) in [6.07, 6.45) is 1.49. The number of H-pyrrole nitrogens is 1. The van der Waals surface area contributed by atoms with Crippen LogP contribution in [0.4, 0.5) is 8.78 Å². The first-order valence-electron chi connectivity index (χ1n) is 8.82. The maximum Gasteiger partial charge on any atom is 0.291 e. The van der Waals surface area contributed by atoms with E-state index >= 15 is 0 Å². The number of oxime groups is 1. The average molecular weight is 407 g/mol. The molecule has 5 N–H and O–H groups in total. The van der Waals surface area contributed by atoms with Crippen LogP contribution >= 0.6 is 0 Å². The van der Waals surface area contributed by atoms with Crippen molar-refractivity contribution in [3.63, 3.8) is 0 Å². The van der Waals surface area contributed by atoms with Crippen LogP contribution in [-0.4, -0.2) is 31.7 Å². The molecule has 0 aliphatic heterocycles. The van der Waals surface area contributed by atoms with Crippen LogP contribution in [0.2, 0.25) is 0 Å². The summed E-state index contributed by atoms with van der Waals surface area (Å²) in [6.45, 7) is 5.63. The fourth-order valence-corrected chi connectivity index (χ4v) is 2.12. The number of nitrogens with two attached hydrogens (primary N) is 1. The van der Waals surface area contributed by atoms with Crippen molar-refractivity contribution in [2.24, 2.45) is 15.9 Å². The molecule has 0 bridgehead atoms. The normalized spacial score (nSPS) is 12.4. The minimum absolute atomic E-state index is 0.0660. The zero-order valence-electron chi connectivity index (χ0n) is 16.3. The van der Waals surface area contributed by atoms with Gasteiger partial charge in [-0.3, -0.25) is 9.79 Å². The third-order valence-electron chi connectivity index (χ3n) is 3.54. The number of aromatic nitrogens is 2. The van der Waals surface area contributed by atoms with E-state index in [0.717, 1.165) is 0 Å². The van der Waals surface area contributed by atoms with Gasteiger partial charge in [0.1, 0.15) is 11.5 Å². The SMILES string of the molecule is CC.CC/C(=N\O)C(/C=C(\N)c1nc(O)c(F)c(=O)[nH]1)=NCc1ccccc1F. The number of benzene rings is 1. The maximum atomic E-state index is 13.8. The molecule has 8 nitrogen and oxygen atoms in total. The lowest BCUT2D eigenvalue weighted by atomic mass is 10.1. The summed E-state index contributed by atoms with van der Waals surface area (Å²) in [6, 6.07) is 6.01. The number of aromatic hydroxyl groups is 1. The first-order valence-corrected chi connectivity index (χ1v) is 8.82. The lowest BCUT2D eigenvalue weighted by Crippen LogP contribution is -2.19. The molecule has 0 saturated carbocycles. The van der Waals surface area contributed by atoms with Gasteiger partial charge in [0.2, 0.25) is 5.82 Å². The molecule has 0 amide bonds. The smallest absolute Gasteiger partial charge is 0.291 e. The van der Waals surface area contributed by atoms with E-state index in [4.69, 9.17) is 10.9 Å². The van der Waals surface area contributed by atoms with Gasteiger partial charge in [-0.15, -0.1) is 0 Å². The number of aliphatic imine (C=N–C) groups is 1. The second-order valence-corrected chi connectivity index (χ2v) is 5.34. The molecule has 156 valence electrons. The van der Waals surface area contributed by atoms with Gasteiger partial charge in [0.15, 0.2) is 5.82 Å². The molecular formula is C19H23F2N5O3. The highest BCUT2D eigenvalue weighted by Gasteiger charge is 2.13. The topological polar surface area (TPSA) is 137 Å². The minimum atomic E-state index is -1.44. The molecule has 0 unspecified atom stereocenters. The molecule has 10 heteroatoms. The summed E-state index contributed by atoms with van der Waals surface area (Å²) < 4.78 is 26.9. The molecular weight excluding hydrogens is 384 g/mol. The van der Waals surface area contributed by atoms with E-state index in [1.54, 1.807) is 19.1 Å².